The smallest absolute Gasteiger partial charge is 0.188 e. The average molecular weight is 239 g/mol. The number of nitrogens with two attached hydrogens (primary N) is 1. The van der Waals surface area contributed by atoms with Gasteiger partial charge >= 0.3 is 0 Å². The van der Waals surface area contributed by atoms with Crippen LogP contribution in [0.4, 0.5) is 0 Å². The maximum Gasteiger partial charge on any atom is 0.188 e. The first-order valence-electron chi connectivity index (χ1n) is 6.92. The summed E-state index contributed by atoms with van der Waals surface area (Å²) < 4.78 is 5.54. The lowest BCUT2D eigenvalue weighted by atomic mass is 9.93. The fourth-order valence-corrected chi connectivity index (χ4v) is 2.53. The normalized spacial score (nSPS) is 31.0. The van der Waals surface area contributed by atoms with Gasteiger partial charge in [-0.3, -0.25) is 4.99 Å². The fourth-order valence-electron chi connectivity index (χ4n) is 2.53. The van der Waals surface area contributed by atoms with Gasteiger partial charge in [0, 0.05) is 19.2 Å². The van der Waals surface area contributed by atoms with Crippen LogP contribution < -0.4 is 11.1 Å². The topological polar surface area (TPSA) is 59.6 Å². The third-order valence-corrected chi connectivity index (χ3v) is 3.87. The molecular formula is C13H25N3O. The van der Waals surface area contributed by atoms with E-state index in [1.54, 1.807) is 0 Å². The summed E-state index contributed by atoms with van der Waals surface area (Å²) in [5, 5.41) is 3.27. The Morgan fingerprint density at radius 1 is 1.41 bits per heavy atom. The van der Waals surface area contributed by atoms with Gasteiger partial charge in [-0.25, -0.2) is 0 Å². The summed E-state index contributed by atoms with van der Waals surface area (Å²) in [6.07, 6.45) is 7.72. The van der Waals surface area contributed by atoms with Crippen LogP contribution in [-0.4, -0.2) is 31.3 Å². The van der Waals surface area contributed by atoms with Gasteiger partial charge in [0.15, 0.2) is 5.96 Å². The molecule has 98 valence electrons. The van der Waals surface area contributed by atoms with Crippen LogP contribution >= 0.6 is 0 Å². The van der Waals surface area contributed by atoms with E-state index in [2.05, 4.69) is 17.2 Å². The second-order valence-electron chi connectivity index (χ2n) is 5.40. The molecule has 0 aromatic rings. The molecule has 0 amide bonds. The first-order chi connectivity index (χ1) is 8.24. The van der Waals surface area contributed by atoms with Gasteiger partial charge < -0.3 is 15.8 Å². The summed E-state index contributed by atoms with van der Waals surface area (Å²) in [5.41, 5.74) is 5.84. The minimum absolute atomic E-state index is 0.420. The maximum atomic E-state index is 5.84. The van der Waals surface area contributed by atoms with Gasteiger partial charge in [0.25, 0.3) is 0 Å². The van der Waals surface area contributed by atoms with E-state index in [9.17, 15) is 0 Å². The molecule has 4 nitrogen and oxygen atoms in total. The Kier molecular flexibility index (Phi) is 4.66. The number of hydrogen-bond donors (Lipinski definition) is 2. The summed E-state index contributed by atoms with van der Waals surface area (Å²) in [4.78, 5) is 4.41. The lowest BCUT2D eigenvalue weighted by Gasteiger charge is -2.27. The molecule has 1 aliphatic heterocycles. The SMILES string of the molecule is CC1CC(CCN=C(N)NC2CCC2)CCO1. The van der Waals surface area contributed by atoms with Crippen molar-refractivity contribution in [1.82, 2.24) is 5.32 Å². The third kappa shape index (κ3) is 4.19. The number of nitrogens with one attached hydrogen (secondary N) is 1. The largest absolute Gasteiger partial charge is 0.378 e. The number of rotatable bonds is 4. The highest BCUT2D eigenvalue weighted by atomic mass is 16.5. The average Bonchev–Trinajstić information content (AvgIpc) is 2.24. The molecule has 1 saturated heterocycles. The molecule has 1 saturated carbocycles. The van der Waals surface area contributed by atoms with Gasteiger partial charge in [-0.15, -0.1) is 0 Å². The highest BCUT2D eigenvalue weighted by Crippen LogP contribution is 2.22. The van der Waals surface area contributed by atoms with E-state index in [1.165, 1.54) is 32.1 Å². The van der Waals surface area contributed by atoms with Crippen molar-refractivity contribution in [2.45, 2.75) is 57.6 Å². The molecule has 4 heteroatoms. The molecule has 0 aromatic carbocycles. The van der Waals surface area contributed by atoms with Crippen molar-refractivity contribution in [2.75, 3.05) is 13.2 Å². The monoisotopic (exact) mass is 239 g/mol. The summed E-state index contributed by atoms with van der Waals surface area (Å²) in [5.74, 6) is 1.40. The molecule has 1 heterocycles. The molecule has 2 fully saturated rings. The van der Waals surface area contributed by atoms with Crippen LogP contribution in [-0.2, 0) is 4.74 Å². The van der Waals surface area contributed by atoms with Crippen molar-refractivity contribution in [3.8, 4) is 0 Å². The Hall–Kier alpha value is -0.770. The van der Waals surface area contributed by atoms with Gasteiger partial charge in [-0.05, 0) is 51.4 Å². The van der Waals surface area contributed by atoms with Crippen LogP contribution in [0.5, 0.6) is 0 Å². The Bertz CT molecular complexity index is 263. The standard InChI is InChI=1S/C13H25N3O/c1-10-9-11(6-8-17-10)5-7-15-13(14)16-12-3-2-4-12/h10-12H,2-9H2,1H3,(H3,14,15,16). The van der Waals surface area contributed by atoms with E-state index in [0.29, 0.717) is 18.1 Å². The zero-order chi connectivity index (χ0) is 12.1. The molecule has 2 atom stereocenters. The van der Waals surface area contributed by atoms with Crippen molar-refractivity contribution in [2.24, 2.45) is 16.6 Å². The Morgan fingerprint density at radius 2 is 2.24 bits per heavy atom. The van der Waals surface area contributed by atoms with E-state index >= 15 is 0 Å². The van der Waals surface area contributed by atoms with Crippen molar-refractivity contribution in [3.63, 3.8) is 0 Å². The summed E-state index contributed by atoms with van der Waals surface area (Å²) in [7, 11) is 0. The van der Waals surface area contributed by atoms with Crippen LogP contribution in [0.2, 0.25) is 0 Å². The van der Waals surface area contributed by atoms with Crippen LogP contribution in [0.1, 0.15) is 45.4 Å². The molecular weight excluding hydrogens is 214 g/mol. The predicted octanol–water partition coefficient (Wildman–Crippen LogP) is 1.65. The Balaban J connectivity index is 1.61. The van der Waals surface area contributed by atoms with Crippen LogP contribution in [0.15, 0.2) is 4.99 Å². The molecule has 17 heavy (non-hydrogen) atoms. The molecule has 2 aliphatic rings. The van der Waals surface area contributed by atoms with Crippen LogP contribution in [0.3, 0.4) is 0 Å². The van der Waals surface area contributed by atoms with E-state index < -0.39 is 0 Å². The Labute approximate surface area is 104 Å². The molecule has 3 N–H and O–H groups in total. The molecule has 0 aromatic heterocycles. The second kappa shape index (κ2) is 6.24. The highest BCUT2D eigenvalue weighted by molar-refractivity contribution is 5.78. The summed E-state index contributed by atoms with van der Waals surface area (Å²) in [6, 6.07) is 0.585. The summed E-state index contributed by atoms with van der Waals surface area (Å²) in [6.45, 7) is 3.91. The quantitative estimate of drug-likeness (QED) is 0.579. The predicted molar refractivity (Wildman–Crippen MR) is 70.0 cm³/mol. The molecule has 0 radical (unpaired) electrons. The van der Waals surface area contributed by atoms with Gasteiger partial charge in [-0.2, -0.15) is 0 Å². The summed E-state index contributed by atoms with van der Waals surface area (Å²) >= 11 is 0. The number of aliphatic imine (C=N–C) groups is 1. The number of guanidine groups is 1. The molecule has 2 rings (SSSR count). The maximum absolute atomic E-state index is 5.84. The third-order valence-electron chi connectivity index (χ3n) is 3.87. The van der Waals surface area contributed by atoms with Gasteiger partial charge in [0.1, 0.15) is 0 Å². The fraction of sp³-hybridized carbons (Fsp3) is 0.923. The molecule has 0 bridgehead atoms. The van der Waals surface area contributed by atoms with Crippen molar-refractivity contribution >= 4 is 5.96 Å². The lowest BCUT2D eigenvalue weighted by molar-refractivity contribution is 0.00148. The van der Waals surface area contributed by atoms with Crippen molar-refractivity contribution in [3.05, 3.63) is 0 Å². The van der Waals surface area contributed by atoms with E-state index in [-0.39, 0.29) is 0 Å². The van der Waals surface area contributed by atoms with E-state index in [1.807, 2.05) is 0 Å². The molecule has 0 spiro atoms. The van der Waals surface area contributed by atoms with E-state index in [0.717, 1.165) is 25.5 Å². The Morgan fingerprint density at radius 3 is 2.88 bits per heavy atom. The minimum atomic E-state index is 0.420. The lowest BCUT2D eigenvalue weighted by Crippen LogP contribution is -2.43. The van der Waals surface area contributed by atoms with Crippen LogP contribution in [0, 0.1) is 5.92 Å². The van der Waals surface area contributed by atoms with Crippen molar-refractivity contribution in [1.29, 1.82) is 0 Å². The number of ether oxygens (including phenoxy) is 1. The van der Waals surface area contributed by atoms with Gasteiger partial charge in [0.2, 0.25) is 0 Å². The zero-order valence-electron chi connectivity index (χ0n) is 10.8. The molecule has 2 unspecified atom stereocenters. The van der Waals surface area contributed by atoms with Crippen molar-refractivity contribution < 1.29 is 4.74 Å². The van der Waals surface area contributed by atoms with Crippen LogP contribution in [0.25, 0.3) is 0 Å². The number of nitrogens with zero attached hydrogens (tertiary/aromatic N) is 1. The van der Waals surface area contributed by atoms with Gasteiger partial charge in [0.05, 0.1) is 6.10 Å². The molecule has 1 aliphatic carbocycles. The zero-order valence-corrected chi connectivity index (χ0v) is 10.8. The second-order valence-corrected chi connectivity index (χ2v) is 5.40. The van der Waals surface area contributed by atoms with E-state index in [4.69, 9.17) is 10.5 Å². The first-order valence-corrected chi connectivity index (χ1v) is 6.92. The minimum Gasteiger partial charge on any atom is -0.378 e. The highest BCUT2D eigenvalue weighted by Gasteiger charge is 2.19. The first kappa shape index (κ1) is 12.7. The number of hydrogen-bond acceptors (Lipinski definition) is 2. The van der Waals surface area contributed by atoms with Gasteiger partial charge in [-0.1, -0.05) is 0 Å².